The Morgan fingerprint density at radius 3 is 2.35 bits per heavy atom. The van der Waals surface area contributed by atoms with E-state index in [0.717, 1.165) is 31.7 Å². The minimum Gasteiger partial charge on any atom is -0.468 e. The Bertz CT molecular complexity index is 481. The highest BCUT2D eigenvalue weighted by molar-refractivity contribution is 5.92. The van der Waals surface area contributed by atoms with Crippen LogP contribution in [0, 0.1) is 0 Å². The van der Waals surface area contributed by atoms with Gasteiger partial charge in [-0.15, -0.1) is 0 Å². The highest BCUT2D eigenvalue weighted by Gasteiger charge is 2.29. The molecule has 2 rings (SSSR count). The van der Waals surface area contributed by atoms with Crippen LogP contribution in [0.3, 0.4) is 0 Å². The summed E-state index contributed by atoms with van der Waals surface area (Å²) in [6.07, 6.45) is 0. The van der Waals surface area contributed by atoms with E-state index < -0.39 is 11.9 Å². The normalized spacial score (nSPS) is 17.4. The number of primary amides is 1. The van der Waals surface area contributed by atoms with Gasteiger partial charge < -0.3 is 15.8 Å². The van der Waals surface area contributed by atoms with E-state index in [4.69, 9.17) is 10.5 Å². The van der Waals surface area contributed by atoms with Crippen molar-refractivity contribution in [2.45, 2.75) is 6.04 Å². The van der Waals surface area contributed by atoms with Crippen molar-refractivity contribution in [1.29, 1.82) is 0 Å². The van der Waals surface area contributed by atoms with Gasteiger partial charge in [0, 0.05) is 31.7 Å². The Morgan fingerprint density at radius 1 is 1.25 bits per heavy atom. The number of rotatable bonds is 4. The highest BCUT2D eigenvalue weighted by atomic mass is 16.5. The molecule has 0 aromatic heterocycles. The molecular weight excluding hydrogens is 258 g/mol. The van der Waals surface area contributed by atoms with E-state index in [9.17, 15) is 9.59 Å². The molecule has 1 aromatic carbocycles. The Labute approximate surface area is 117 Å². The molecule has 1 aromatic rings. The number of nitrogens with one attached hydrogen (secondary N) is 1. The third kappa shape index (κ3) is 3.15. The predicted octanol–water partition coefficient (Wildman–Crippen LogP) is -0.0952. The van der Waals surface area contributed by atoms with Gasteiger partial charge in [-0.3, -0.25) is 9.69 Å². The molecule has 0 aliphatic carbocycles. The largest absolute Gasteiger partial charge is 0.468 e. The van der Waals surface area contributed by atoms with Crippen LogP contribution in [0.4, 0.5) is 0 Å². The summed E-state index contributed by atoms with van der Waals surface area (Å²) < 4.78 is 4.91. The summed E-state index contributed by atoms with van der Waals surface area (Å²) in [6.45, 7) is 3.23. The molecule has 1 amide bonds. The van der Waals surface area contributed by atoms with Crippen molar-refractivity contribution in [3.8, 4) is 0 Å². The molecule has 1 unspecified atom stereocenters. The van der Waals surface area contributed by atoms with Gasteiger partial charge in [0.15, 0.2) is 0 Å². The van der Waals surface area contributed by atoms with Crippen molar-refractivity contribution in [2.75, 3.05) is 33.3 Å². The van der Waals surface area contributed by atoms with Crippen molar-refractivity contribution in [1.82, 2.24) is 10.2 Å². The minimum atomic E-state index is -0.478. The number of benzene rings is 1. The molecular formula is C14H19N3O3. The molecule has 1 aliphatic rings. The minimum absolute atomic E-state index is 0.293. The maximum absolute atomic E-state index is 12.1. The third-order valence-electron chi connectivity index (χ3n) is 3.45. The van der Waals surface area contributed by atoms with Crippen LogP contribution in [0.25, 0.3) is 0 Å². The zero-order valence-electron chi connectivity index (χ0n) is 11.5. The Morgan fingerprint density at radius 2 is 1.85 bits per heavy atom. The van der Waals surface area contributed by atoms with Crippen molar-refractivity contribution >= 4 is 11.9 Å². The second-order valence-corrected chi connectivity index (χ2v) is 4.70. The molecule has 108 valence electrons. The lowest BCUT2D eigenvalue weighted by Gasteiger charge is -2.33. The molecule has 1 atom stereocenters. The molecule has 1 heterocycles. The first-order valence-corrected chi connectivity index (χ1v) is 6.56. The quantitative estimate of drug-likeness (QED) is 0.751. The fourth-order valence-corrected chi connectivity index (χ4v) is 2.38. The topological polar surface area (TPSA) is 84.7 Å². The van der Waals surface area contributed by atoms with Gasteiger partial charge in [0.2, 0.25) is 5.91 Å². The zero-order chi connectivity index (χ0) is 14.5. The molecule has 0 radical (unpaired) electrons. The number of esters is 1. The zero-order valence-corrected chi connectivity index (χ0v) is 11.5. The van der Waals surface area contributed by atoms with Gasteiger partial charge in [-0.1, -0.05) is 12.1 Å². The van der Waals surface area contributed by atoms with E-state index >= 15 is 0 Å². The molecule has 0 bridgehead atoms. The first-order chi connectivity index (χ1) is 9.63. The average Bonchev–Trinajstić information content (AvgIpc) is 2.49. The molecule has 6 nitrogen and oxygen atoms in total. The summed E-state index contributed by atoms with van der Waals surface area (Å²) in [6, 6.07) is 6.34. The summed E-state index contributed by atoms with van der Waals surface area (Å²) in [5, 5.41) is 3.25. The second kappa shape index (κ2) is 6.49. The van der Waals surface area contributed by atoms with Crippen LogP contribution in [-0.4, -0.2) is 50.1 Å². The Balaban J connectivity index is 2.25. The van der Waals surface area contributed by atoms with E-state index in [-0.39, 0.29) is 5.97 Å². The summed E-state index contributed by atoms with van der Waals surface area (Å²) in [5.74, 6) is -0.771. The van der Waals surface area contributed by atoms with Crippen LogP contribution in [0.5, 0.6) is 0 Å². The van der Waals surface area contributed by atoms with E-state index in [1.54, 1.807) is 24.3 Å². The smallest absolute Gasteiger partial charge is 0.327 e. The van der Waals surface area contributed by atoms with Crippen LogP contribution < -0.4 is 11.1 Å². The van der Waals surface area contributed by atoms with Crippen LogP contribution in [0.2, 0.25) is 0 Å². The van der Waals surface area contributed by atoms with Crippen molar-refractivity contribution in [3.63, 3.8) is 0 Å². The second-order valence-electron chi connectivity index (χ2n) is 4.70. The van der Waals surface area contributed by atoms with Gasteiger partial charge in [0.1, 0.15) is 6.04 Å². The molecule has 0 spiro atoms. The summed E-state index contributed by atoms with van der Waals surface area (Å²) >= 11 is 0. The van der Waals surface area contributed by atoms with Crippen molar-refractivity contribution in [3.05, 3.63) is 35.4 Å². The lowest BCUT2D eigenvalue weighted by atomic mass is 10.0. The van der Waals surface area contributed by atoms with Crippen molar-refractivity contribution < 1.29 is 14.3 Å². The molecule has 0 saturated carbocycles. The molecule has 1 saturated heterocycles. The number of hydrogen-bond donors (Lipinski definition) is 2. The number of hydrogen-bond acceptors (Lipinski definition) is 5. The number of carbonyl (C=O) groups excluding carboxylic acids is 2. The van der Waals surface area contributed by atoms with Gasteiger partial charge in [-0.05, 0) is 17.7 Å². The van der Waals surface area contributed by atoms with Gasteiger partial charge in [-0.2, -0.15) is 0 Å². The molecule has 1 fully saturated rings. The average molecular weight is 277 g/mol. The summed E-state index contributed by atoms with van der Waals surface area (Å²) in [5.41, 5.74) is 6.46. The lowest BCUT2D eigenvalue weighted by molar-refractivity contribution is -0.147. The lowest BCUT2D eigenvalue weighted by Crippen LogP contribution is -2.47. The maximum Gasteiger partial charge on any atom is 0.327 e. The Kier molecular flexibility index (Phi) is 4.70. The first-order valence-electron chi connectivity index (χ1n) is 6.56. The number of nitrogens with zero attached hydrogens (tertiary/aromatic N) is 1. The monoisotopic (exact) mass is 277 g/mol. The van der Waals surface area contributed by atoms with E-state index in [0.29, 0.717) is 5.56 Å². The van der Waals surface area contributed by atoms with Gasteiger partial charge >= 0.3 is 5.97 Å². The van der Waals surface area contributed by atoms with Crippen LogP contribution in [0.15, 0.2) is 24.3 Å². The fourth-order valence-electron chi connectivity index (χ4n) is 2.38. The molecule has 6 heteroatoms. The van der Waals surface area contributed by atoms with E-state index in [2.05, 4.69) is 10.2 Å². The van der Waals surface area contributed by atoms with Crippen LogP contribution >= 0.6 is 0 Å². The van der Waals surface area contributed by atoms with Crippen LogP contribution in [0.1, 0.15) is 22.0 Å². The number of nitrogens with two attached hydrogens (primary N) is 1. The number of carbonyl (C=O) groups is 2. The number of ether oxygens (including phenoxy) is 1. The SMILES string of the molecule is COC(=O)C(c1ccc(C(N)=O)cc1)N1CCNCC1. The molecule has 1 aliphatic heterocycles. The Hall–Kier alpha value is -1.92. The summed E-state index contributed by atoms with van der Waals surface area (Å²) in [4.78, 5) is 25.2. The van der Waals surface area contributed by atoms with E-state index in [1.165, 1.54) is 7.11 Å². The standard InChI is InChI=1S/C14H19N3O3/c1-20-14(19)12(17-8-6-16-7-9-17)10-2-4-11(5-3-10)13(15)18/h2-5,12,16H,6-9H2,1H3,(H2,15,18). The number of piperazine rings is 1. The maximum atomic E-state index is 12.1. The van der Waals surface area contributed by atoms with Crippen molar-refractivity contribution in [2.24, 2.45) is 5.73 Å². The fraction of sp³-hybridized carbons (Fsp3) is 0.429. The number of amides is 1. The third-order valence-corrected chi connectivity index (χ3v) is 3.45. The molecule has 3 N–H and O–H groups in total. The predicted molar refractivity (Wildman–Crippen MR) is 74.2 cm³/mol. The van der Waals surface area contributed by atoms with E-state index in [1.807, 2.05) is 0 Å². The first kappa shape index (κ1) is 14.5. The summed E-state index contributed by atoms with van der Waals surface area (Å²) in [7, 11) is 1.38. The van der Waals surface area contributed by atoms with Gasteiger partial charge in [-0.25, -0.2) is 4.79 Å². The van der Waals surface area contributed by atoms with Gasteiger partial charge in [0.05, 0.1) is 7.11 Å². The highest BCUT2D eigenvalue weighted by Crippen LogP contribution is 2.23. The van der Waals surface area contributed by atoms with Crippen LogP contribution in [-0.2, 0) is 9.53 Å². The van der Waals surface area contributed by atoms with Gasteiger partial charge in [0.25, 0.3) is 0 Å². The molecule has 20 heavy (non-hydrogen) atoms. The number of methoxy groups -OCH3 is 1.